The van der Waals surface area contributed by atoms with Gasteiger partial charge in [-0.1, -0.05) is 30.3 Å². The van der Waals surface area contributed by atoms with Crippen LogP contribution in [0.25, 0.3) is 10.9 Å². The van der Waals surface area contributed by atoms with Crippen molar-refractivity contribution >= 4 is 20.9 Å². The van der Waals surface area contributed by atoms with E-state index in [2.05, 4.69) is 28.8 Å². The van der Waals surface area contributed by atoms with Gasteiger partial charge >= 0.3 is 0 Å². The minimum Gasteiger partial charge on any atom is -0.358 e. The highest BCUT2D eigenvalue weighted by molar-refractivity contribution is 7.89. The molecule has 0 radical (unpaired) electrons. The van der Waals surface area contributed by atoms with Crippen LogP contribution in [0.4, 0.5) is 0 Å². The van der Waals surface area contributed by atoms with Crippen LogP contribution in [0.5, 0.6) is 0 Å². The van der Waals surface area contributed by atoms with Crippen LogP contribution >= 0.6 is 0 Å². The summed E-state index contributed by atoms with van der Waals surface area (Å²) in [6.45, 7) is 4.41. The minimum absolute atomic E-state index is 0.0966. The van der Waals surface area contributed by atoms with Crippen LogP contribution < -0.4 is 4.72 Å². The van der Waals surface area contributed by atoms with E-state index in [-0.39, 0.29) is 5.41 Å². The highest BCUT2D eigenvalue weighted by Crippen LogP contribution is 2.51. The molecule has 1 fully saturated rings. The van der Waals surface area contributed by atoms with Crippen molar-refractivity contribution in [1.82, 2.24) is 9.71 Å². The lowest BCUT2D eigenvalue weighted by molar-refractivity contribution is 0.567. The molecule has 2 N–H and O–H groups in total. The van der Waals surface area contributed by atoms with Crippen molar-refractivity contribution in [2.75, 3.05) is 6.54 Å². The fraction of sp³-hybridized carbons (Fsp3) is 0.300. The number of rotatable bonds is 5. The third-order valence-corrected chi connectivity index (χ3v) is 6.58. The summed E-state index contributed by atoms with van der Waals surface area (Å²) in [7, 11) is -3.49. The molecule has 5 heteroatoms. The largest absolute Gasteiger partial charge is 0.358 e. The molecule has 25 heavy (non-hydrogen) atoms. The molecule has 130 valence electrons. The topological polar surface area (TPSA) is 62.0 Å². The lowest BCUT2D eigenvalue weighted by Crippen LogP contribution is -2.32. The highest BCUT2D eigenvalue weighted by Gasteiger charge is 2.47. The first-order chi connectivity index (χ1) is 11.9. The molecule has 1 aliphatic carbocycles. The summed E-state index contributed by atoms with van der Waals surface area (Å²) in [6, 6.07) is 15.3. The number of aromatic nitrogens is 1. The zero-order chi connectivity index (χ0) is 17.7. The summed E-state index contributed by atoms with van der Waals surface area (Å²) in [4.78, 5) is 3.76. The van der Waals surface area contributed by atoms with E-state index in [1.165, 1.54) is 10.9 Å². The zero-order valence-electron chi connectivity index (χ0n) is 14.5. The second-order valence-corrected chi connectivity index (χ2v) is 8.86. The summed E-state index contributed by atoms with van der Waals surface area (Å²) in [5.41, 5.74) is 4.35. The molecule has 1 aromatic heterocycles. The summed E-state index contributed by atoms with van der Waals surface area (Å²) < 4.78 is 28.2. The summed E-state index contributed by atoms with van der Waals surface area (Å²) >= 11 is 0. The number of aryl methyl sites for hydroxylation is 2. The zero-order valence-corrected chi connectivity index (χ0v) is 15.3. The Morgan fingerprint density at radius 2 is 1.84 bits per heavy atom. The van der Waals surface area contributed by atoms with Gasteiger partial charge < -0.3 is 4.98 Å². The molecule has 0 atom stereocenters. The predicted molar refractivity (Wildman–Crippen MR) is 100 cm³/mol. The number of fused-ring (bicyclic) bond motifs is 1. The van der Waals surface area contributed by atoms with E-state index in [4.69, 9.17) is 0 Å². The number of hydrogen-bond acceptors (Lipinski definition) is 2. The normalized spacial score (nSPS) is 16.2. The van der Waals surface area contributed by atoms with Crippen molar-refractivity contribution in [3.05, 3.63) is 65.4 Å². The van der Waals surface area contributed by atoms with Crippen LogP contribution in [0.1, 0.15) is 29.7 Å². The third kappa shape index (κ3) is 2.87. The number of hydrogen-bond donors (Lipinski definition) is 2. The van der Waals surface area contributed by atoms with Gasteiger partial charge in [-0.15, -0.1) is 0 Å². The molecule has 0 spiro atoms. The molecule has 4 rings (SSSR count). The van der Waals surface area contributed by atoms with Crippen LogP contribution in [0.2, 0.25) is 0 Å². The van der Waals surface area contributed by atoms with Crippen molar-refractivity contribution in [2.45, 2.75) is 37.0 Å². The van der Waals surface area contributed by atoms with Crippen molar-refractivity contribution in [1.29, 1.82) is 0 Å². The fourth-order valence-corrected chi connectivity index (χ4v) is 4.96. The van der Waals surface area contributed by atoms with Gasteiger partial charge in [-0.25, -0.2) is 13.1 Å². The Morgan fingerprint density at radius 1 is 1.08 bits per heavy atom. The van der Waals surface area contributed by atoms with Crippen LogP contribution in [0, 0.1) is 13.8 Å². The second-order valence-electron chi connectivity index (χ2n) is 7.09. The summed E-state index contributed by atoms with van der Waals surface area (Å²) in [5.74, 6) is 0. The molecule has 0 bridgehead atoms. The molecule has 3 aromatic rings. The highest BCUT2D eigenvalue weighted by atomic mass is 32.2. The molecule has 0 saturated heterocycles. The van der Waals surface area contributed by atoms with Crippen molar-refractivity contribution in [3.8, 4) is 0 Å². The summed E-state index contributed by atoms with van der Waals surface area (Å²) in [6.07, 6.45) is 2.01. The average molecular weight is 354 g/mol. The van der Waals surface area contributed by atoms with Crippen molar-refractivity contribution in [3.63, 3.8) is 0 Å². The number of nitrogens with one attached hydrogen (secondary N) is 2. The van der Waals surface area contributed by atoms with Crippen LogP contribution in [-0.4, -0.2) is 19.9 Å². The SMILES string of the molecule is Cc1cccc(S(=O)(=O)NCC2(c3c(C)[nH]c4ccccc34)CC2)c1. The van der Waals surface area contributed by atoms with Crippen LogP contribution in [-0.2, 0) is 15.4 Å². The van der Waals surface area contributed by atoms with Crippen molar-refractivity contribution < 1.29 is 8.42 Å². The first kappa shape index (κ1) is 16.4. The molecule has 2 aromatic carbocycles. The lowest BCUT2D eigenvalue weighted by Gasteiger charge is -2.17. The predicted octanol–water partition coefficient (Wildman–Crippen LogP) is 3.79. The standard InChI is InChI=1S/C20H22N2O2S/c1-14-6-5-7-16(12-14)25(23,24)21-13-20(10-11-20)19-15(2)22-18-9-4-3-8-17(18)19/h3-9,12,21-22H,10-11,13H2,1-2H3. The Kier molecular flexibility index (Phi) is 3.74. The van der Waals surface area contributed by atoms with Gasteiger partial charge in [-0.2, -0.15) is 0 Å². The first-order valence-electron chi connectivity index (χ1n) is 8.55. The second kappa shape index (κ2) is 5.71. The third-order valence-electron chi connectivity index (χ3n) is 5.18. The van der Waals surface area contributed by atoms with E-state index in [1.54, 1.807) is 18.2 Å². The quantitative estimate of drug-likeness (QED) is 0.732. The van der Waals surface area contributed by atoms with Gasteiger partial charge in [0.2, 0.25) is 10.0 Å². The number of benzene rings is 2. The van der Waals surface area contributed by atoms with E-state index in [9.17, 15) is 8.42 Å². The van der Waals surface area contributed by atoms with E-state index in [0.29, 0.717) is 11.4 Å². The summed E-state index contributed by atoms with van der Waals surface area (Å²) in [5, 5.41) is 1.20. The maximum absolute atomic E-state index is 12.7. The Labute approximate surface area is 148 Å². The Hall–Kier alpha value is -2.11. The van der Waals surface area contributed by atoms with Gasteiger partial charge in [-0.05, 0) is 56.0 Å². The molecular formula is C20H22N2O2S. The Balaban J connectivity index is 1.63. The first-order valence-corrected chi connectivity index (χ1v) is 10.0. The molecule has 1 aliphatic rings. The lowest BCUT2D eigenvalue weighted by atomic mass is 9.93. The van der Waals surface area contributed by atoms with E-state index < -0.39 is 10.0 Å². The average Bonchev–Trinajstić information content (AvgIpc) is 3.28. The fourth-order valence-electron chi connectivity index (χ4n) is 3.73. The molecule has 0 aliphatic heterocycles. The Bertz CT molecular complexity index is 1050. The Morgan fingerprint density at radius 3 is 2.56 bits per heavy atom. The molecule has 1 saturated carbocycles. The van der Waals surface area contributed by atoms with E-state index in [0.717, 1.165) is 29.6 Å². The molecule has 4 nitrogen and oxygen atoms in total. The minimum atomic E-state index is -3.49. The van der Waals surface area contributed by atoms with Gasteiger partial charge in [0.15, 0.2) is 0 Å². The molecule has 0 unspecified atom stereocenters. The maximum Gasteiger partial charge on any atom is 0.240 e. The van der Waals surface area contributed by atoms with Gasteiger partial charge in [0, 0.05) is 28.6 Å². The number of sulfonamides is 1. The smallest absolute Gasteiger partial charge is 0.240 e. The number of para-hydroxylation sites is 1. The van der Waals surface area contributed by atoms with Crippen LogP contribution in [0.3, 0.4) is 0 Å². The monoisotopic (exact) mass is 354 g/mol. The van der Waals surface area contributed by atoms with Gasteiger partial charge in [0.25, 0.3) is 0 Å². The van der Waals surface area contributed by atoms with Crippen LogP contribution in [0.15, 0.2) is 53.4 Å². The van der Waals surface area contributed by atoms with Crippen molar-refractivity contribution in [2.24, 2.45) is 0 Å². The van der Waals surface area contributed by atoms with E-state index in [1.807, 2.05) is 25.1 Å². The van der Waals surface area contributed by atoms with Gasteiger partial charge in [-0.3, -0.25) is 0 Å². The number of aromatic amines is 1. The van der Waals surface area contributed by atoms with Gasteiger partial charge in [0.1, 0.15) is 0 Å². The number of H-pyrrole nitrogens is 1. The maximum atomic E-state index is 12.7. The van der Waals surface area contributed by atoms with E-state index >= 15 is 0 Å². The molecular weight excluding hydrogens is 332 g/mol. The molecule has 0 amide bonds. The molecule has 1 heterocycles. The van der Waals surface area contributed by atoms with Gasteiger partial charge in [0.05, 0.1) is 4.90 Å².